The number of hydrogen-bond acceptors (Lipinski definition) is 2. The predicted molar refractivity (Wildman–Crippen MR) is 63.6 cm³/mol. The Morgan fingerprint density at radius 1 is 1.47 bits per heavy atom. The second-order valence-electron chi connectivity index (χ2n) is 4.05. The molecule has 1 aliphatic heterocycles. The summed E-state index contributed by atoms with van der Waals surface area (Å²) in [5, 5.41) is 4.26. The molecule has 0 aromatic heterocycles. The van der Waals surface area contributed by atoms with Crippen LogP contribution >= 0.6 is 11.6 Å². The molecule has 0 amide bonds. The van der Waals surface area contributed by atoms with Crippen LogP contribution in [0.15, 0.2) is 18.2 Å². The Hall–Kier alpha value is -0.730. The maximum Gasteiger partial charge on any atom is 0.0748 e. The van der Waals surface area contributed by atoms with Gasteiger partial charge in [-0.3, -0.25) is 0 Å². The van der Waals surface area contributed by atoms with Crippen molar-refractivity contribution in [3.05, 3.63) is 28.8 Å². The Kier molecular flexibility index (Phi) is 3.17. The molecular formula is C12H16ClNO. The third kappa shape index (κ3) is 2.27. The number of aryl methyl sites for hydroxylation is 1. The number of rotatable bonds is 2. The van der Waals surface area contributed by atoms with Crippen LogP contribution in [-0.2, 0) is 4.74 Å². The summed E-state index contributed by atoms with van der Waals surface area (Å²) < 4.78 is 5.50. The van der Waals surface area contributed by atoms with E-state index in [2.05, 4.69) is 12.2 Å². The molecule has 2 nitrogen and oxygen atoms in total. The highest BCUT2D eigenvalue weighted by atomic mass is 35.5. The van der Waals surface area contributed by atoms with Gasteiger partial charge in [-0.2, -0.15) is 0 Å². The molecule has 1 fully saturated rings. The minimum atomic E-state index is 0.265. The first kappa shape index (κ1) is 10.8. The number of halogens is 1. The quantitative estimate of drug-likeness (QED) is 0.835. The molecule has 2 rings (SSSR count). The Bertz CT molecular complexity index is 353. The number of anilines is 1. The van der Waals surface area contributed by atoms with Crippen molar-refractivity contribution in [1.82, 2.24) is 0 Å². The van der Waals surface area contributed by atoms with E-state index in [4.69, 9.17) is 16.3 Å². The van der Waals surface area contributed by atoms with E-state index in [0.29, 0.717) is 6.04 Å². The molecule has 0 spiro atoms. The lowest BCUT2D eigenvalue weighted by molar-refractivity contribution is 0.121. The van der Waals surface area contributed by atoms with Gasteiger partial charge in [0.2, 0.25) is 0 Å². The third-order valence-corrected chi connectivity index (χ3v) is 3.41. The minimum absolute atomic E-state index is 0.265. The van der Waals surface area contributed by atoms with Crippen molar-refractivity contribution in [2.24, 2.45) is 0 Å². The second-order valence-corrected chi connectivity index (χ2v) is 4.43. The monoisotopic (exact) mass is 225 g/mol. The number of nitrogens with one attached hydrogen (secondary N) is 1. The van der Waals surface area contributed by atoms with Gasteiger partial charge in [0.1, 0.15) is 0 Å². The van der Waals surface area contributed by atoms with Gasteiger partial charge >= 0.3 is 0 Å². The molecule has 1 heterocycles. The van der Waals surface area contributed by atoms with Gasteiger partial charge in [-0.25, -0.2) is 0 Å². The molecule has 1 aromatic carbocycles. The number of ether oxygens (including phenoxy) is 1. The Morgan fingerprint density at radius 2 is 2.27 bits per heavy atom. The van der Waals surface area contributed by atoms with Gasteiger partial charge in [-0.15, -0.1) is 0 Å². The van der Waals surface area contributed by atoms with Gasteiger partial charge < -0.3 is 10.1 Å². The van der Waals surface area contributed by atoms with E-state index in [1.807, 2.05) is 25.1 Å². The van der Waals surface area contributed by atoms with E-state index in [1.165, 1.54) is 0 Å². The summed E-state index contributed by atoms with van der Waals surface area (Å²) in [5.41, 5.74) is 2.12. The van der Waals surface area contributed by atoms with E-state index in [9.17, 15) is 0 Å². The topological polar surface area (TPSA) is 21.3 Å². The van der Waals surface area contributed by atoms with Gasteiger partial charge in [0.25, 0.3) is 0 Å². The fourth-order valence-electron chi connectivity index (χ4n) is 1.88. The van der Waals surface area contributed by atoms with Gasteiger partial charge in [-0.1, -0.05) is 23.7 Å². The first-order valence-corrected chi connectivity index (χ1v) is 5.69. The normalized spacial score (nSPS) is 25.5. The van der Waals surface area contributed by atoms with E-state index < -0.39 is 0 Å². The molecule has 0 aliphatic carbocycles. The van der Waals surface area contributed by atoms with Crippen LogP contribution in [0.25, 0.3) is 0 Å². The Labute approximate surface area is 95.6 Å². The van der Waals surface area contributed by atoms with Crippen LogP contribution in [0, 0.1) is 6.92 Å². The summed E-state index contributed by atoms with van der Waals surface area (Å²) >= 11 is 6.22. The summed E-state index contributed by atoms with van der Waals surface area (Å²) in [7, 11) is 0. The SMILES string of the molecule is Cc1cccc(NC2CCOC2C)c1Cl. The largest absolute Gasteiger partial charge is 0.378 e. The van der Waals surface area contributed by atoms with Gasteiger partial charge in [0.05, 0.1) is 22.9 Å². The van der Waals surface area contributed by atoms with E-state index in [1.54, 1.807) is 0 Å². The molecule has 0 radical (unpaired) electrons. The van der Waals surface area contributed by atoms with Crippen molar-refractivity contribution in [3.63, 3.8) is 0 Å². The highest BCUT2D eigenvalue weighted by molar-refractivity contribution is 6.34. The van der Waals surface area contributed by atoms with Crippen LogP contribution in [0.1, 0.15) is 18.9 Å². The maximum atomic E-state index is 6.22. The van der Waals surface area contributed by atoms with Crippen LogP contribution in [0.3, 0.4) is 0 Å². The molecule has 0 bridgehead atoms. The molecule has 1 N–H and O–H groups in total. The fourth-order valence-corrected chi connectivity index (χ4v) is 2.06. The summed E-state index contributed by atoms with van der Waals surface area (Å²) in [6.07, 6.45) is 1.31. The van der Waals surface area contributed by atoms with Crippen molar-refractivity contribution in [2.75, 3.05) is 11.9 Å². The van der Waals surface area contributed by atoms with Crippen molar-refractivity contribution < 1.29 is 4.74 Å². The molecule has 1 aliphatic rings. The zero-order valence-electron chi connectivity index (χ0n) is 9.09. The first-order valence-electron chi connectivity index (χ1n) is 5.31. The molecule has 1 aromatic rings. The maximum absolute atomic E-state index is 6.22. The zero-order chi connectivity index (χ0) is 10.8. The van der Waals surface area contributed by atoms with Crippen LogP contribution in [-0.4, -0.2) is 18.8 Å². The van der Waals surface area contributed by atoms with Crippen LogP contribution in [0.4, 0.5) is 5.69 Å². The molecular weight excluding hydrogens is 210 g/mol. The summed E-state index contributed by atoms with van der Waals surface area (Å²) in [6.45, 7) is 4.94. The standard InChI is InChI=1S/C12H16ClNO/c1-8-4-3-5-11(12(8)13)14-10-6-7-15-9(10)2/h3-5,9-10,14H,6-7H2,1-2H3. The van der Waals surface area contributed by atoms with E-state index in [0.717, 1.165) is 29.3 Å². The summed E-state index contributed by atoms with van der Waals surface area (Å²) in [5.74, 6) is 0. The average molecular weight is 226 g/mol. The lowest BCUT2D eigenvalue weighted by atomic mass is 10.1. The third-order valence-electron chi connectivity index (χ3n) is 2.91. The smallest absolute Gasteiger partial charge is 0.0748 e. The number of hydrogen-bond donors (Lipinski definition) is 1. The number of benzene rings is 1. The zero-order valence-corrected chi connectivity index (χ0v) is 9.84. The molecule has 0 saturated carbocycles. The second kappa shape index (κ2) is 4.42. The molecule has 2 atom stereocenters. The minimum Gasteiger partial charge on any atom is -0.378 e. The van der Waals surface area contributed by atoms with E-state index >= 15 is 0 Å². The summed E-state index contributed by atoms with van der Waals surface area (Å²) in [6, 6.07) is 6.43. The van der Waals surface area contributed by atoms with Gasteiger partial charge in [0.15, 0.2) is 0 Å². The van der Waals surface area contributed by atoms with Crippen molar-refractivity contribution in [1.29, 1.82) is 0 Å². The van der Waals surface area contributed by atoms with Crippen LogP contribution in [0.5, 0.6) is 0 Å². The van der Waals surface area contributed by atoms with Crippen molar-refractivity contribution in [3.8, 4) is 0 Å². The van der Waals surface area contributed by atoms with E-state index in [-0.39, 0.29) is 6.10 Å². The van der Waals surface area contributed by atoms with Crippen molar-refractivity contribution >= 4 is 17.3 Å². The average Bonchev–Trinajstić information content (AvgIpc) is 2.60. The molecule has 1 saturated heterocycles. The van der Waals surface area contributed by atoms with Crippen LogP contribution < -0.4 is 5.32 Å². The molecule has 82 valence electrons. The lowest BCUT2D eigenvalue weighted by Crippen LogP contribution is -2.26. The molecule has 15 heavy (non-hydrogen) atoms. The van der Waals surface area contributed by atoms with Gasteiger partial charge in [-0.05, 0) is 31.9 Å². The fraction of sp³-hybridized carbons (Fsp3) is 0.500. The highest BCUT2D eigenvalue weighted by Gasteiger charge is 2.24. The Balaban J connectivity index is 2.13. The lowest BCUT2D eigenvalue weighted by Gasteiger charge is -2.18. The predicted octanol–water partition coefficient (Wildman–Crippen LogP) is 3.24. The molecule has 3 heteroatoms. The first-order chi connectivity index (χ1) is 7.18. The Morgan fingerprint density at radius 3 is 2.93 bits per heavy atom. The molecule has 2 unspecified atom stereocenters. The summed E-state index contributed by atoms with van der Waals surface area (Å²) in [4.78, 5) is 0. The van der Waals surface area contributed by atoms with Crippen LogP contribution in [0.2, 0.25) is 5.02 Å². The highest BCUT2D eigenvalue weighted by Crippen LogP contribution is 2.28. The van der Waals surface area contributed by atoms with Crippen molar-refractivity contribution in [2.45, 2.75) is 32.4 Å². The van der Waals surface area contributed by atoms with Gasteiger partial charge in [0, 0.05) is 6.61 Å².